The molecule has 0 spiro atoms. The van der Waals surface area contributed by atoms with Crippen LogP contribution in [0.15, 0.2) is 6.33 Å². The van der Waals surface area contributed by atoms with Crippen molar-refractivity contribution in [3.8, 4) is 0 Å². The molecule has 2 aromatic rings. The molecule has 21 heteroatoms. The molecule has 290 valence electrons. The Hall–Kier alpha value is -3.61. The largest absolute Gasteiger partial charge is 0.510 e. The van der Waals surface area contributed by atoms with E-state index >= 15 is 0 Å². The summed E-state index contributed by atoms with van der Waals surface area (Å²) >= 11 is 6.28. The third kappa shape index (κ3) is 11.0. The molecule has 0 amide bonds. The van der Waals surface area contributed by atoms with Crippen LogP contribution >= 0.6 is 19.2 Å². The first-order valence-electron chi connectivity index (χ1n) is 16.8. The standard InChI is InChI=1S/C31H45ClN5O14P/c1-16(2)28(40)51-25-20(11-44-15-52(43,47-13-45-30(41)49-17(3)4)48-14-46-31(42)50-18(5)6)23(38)22(24(25)39)37-12-33-21-26(34-19-9-7-8-10-19)35-29(32)36-27(21)37/h12,16-20,22,24-25,39H,7-11,13-15H2,1-6H3,(H,34,35,36)/t20-,22-,24+,25-/m0/s1. The third-order valence-electron chi connectivity index (χ3n) is 7.89. The maximum atomic E-state index is 14.0. The minimum absolute atomic E-state index is 0.115. The molecule has 4 rings (SSSR count). The predicted octanol–water partition coefficient (Wildman–Crippen LogP) is 4.74. The first-order chi connectivity index (χ1) is 24.6. The first-order valence-corrected chi connectivity index (χ1v) is 18.9. The average Bonchev–Trinajstić information content (AvgIpc) is 3.76. The number of aliphatic hydroxyl groups is 1. The van der Waals surface area contributed by atoms with E-state index in [4.69, 9.17) is 49.1 Å². The Bertz CT molecular complexity index is 1590. The van der Waals surface area contributed by atoms with Gasteiger partial charge < -0.3 is 43.4 Å². The number of Topliss-reactive ketones (excluding diaryl/α,β-unsaturated/α-hetero) is 1. The van der Waals surface area contributed by atoms with Gasteiger partial charge in [-0.3, -0.25) is 23.2 Å². The molecule has 0 aromatic carbocycles. The van der Waals surface area contributed by atoms with Gasteiger partial charge in [0.15, 0.2) is 22.8 Å². The number of nitrogens with zero attached hydrogens (tertiary/aromatic N) is 4. The molecule has 2 N–H and O–H groups in total. The zero-order chi connectivity index (χ0) is 38.2. The molecular formula is C31H45ClN5O14P. The normalized spacial score (nSPS) is 20.9. The summed E-state index contributed by atoms with van der Waals surface area (Å²) in [6, 6.07) is -1.20. The molecule has 2 heterocycles. The monoisotopic (exact) mass is 777 g/mol. The Labute approximate surface area is 304 Å². The molecule has 0 unspecified atom stereocenters. The van der Waals surface area contributed by atoms with Crippen molar-refractivity contribution < 1.29 is 66.3 Å². The molecule has 4 atom stereocenters. The first kappa shape index (κ1) is 41.2. The van der Waals surface area contributed by atoms with E-state index < -0.39 is 100 Å². The van der Waals surface area contributed by atoms with Crippen molar-refractivity contribution in [2.24, 2.45) is 11.8 Å². The van der Waals surface area contributed by atoms with Crippen molar-refractivity contribution in [2.75, 3.05) is 31.9 Å². The van der Waals surface area contributed by atoms with Gasteiger partial charge in [0.2, 0.25) is 18.9 Å². The number of esters is 1. The number of carbonyl (C=O) groups excluding carboxylic acids is 4. The fraction of sp³-hybridized carbons (Fsp3) is 0.710. The number of nitrogens with one attached hydrogen (secondary N) is 1. The smallest absolute Gasteiger partial charge is 0.458 e. The molecule has 19 nitrogen and oxygen atoms in total. The summed E-state index contributed by atoms with van der Waals surface area (Å²) in [6.45, 7) is 7.13. The maximum Gasteiger partial charge on any atom is 0.510 e. The number of aromatic nitrogens is 4. The van der Waals surface area contributed by atoms with Crippen LogP contribution in [0.25, 0.3) is 11.2 Å². The van der Waals surface area contributed by atoms with Crippen LogP contribution in [0.3, 0.4) is 0 Å². The summed E-state index contributed by atoms with van der Waals surface area (Å²) < 4.78 is 55.7. The number of ketones is 1. The van der Waals surface area contributed by atoms with Gasteiger partial charge in [-0.25, -0.2) is 14.6 Å². The molecule has 0 aliphatic heterocycles. The van der Waals surface area contributed by atoms with Gasteiger partial charge >= 0.3 is 25.9 Å². The van der Waals surface area contributed by atoms with Crippen LogP contribution in [0.2, 0.25) is 5.28 Å². The number of ether oxygens (including phenoxy) is 6. The zero-order valence-corrected chi connectivity index (χ0v) is 31.4. The van der Waals surface area contributed by atoms with Gasteiger partial charge in [0, 0.05) is 6.04 Å². The fourth-order valence-electron chi connectivity index (χ4n) is 5.49. The van der Waals surface area contributed by atoms with E-state index in [0.717, 1.165) is 25.7 Å². The summed E-state index contributed by atoms with van der Waals surface area (Å²) in [5, 5.41) is 14.7. The lowest BCUT2D eigenvalue weighted by molar-refractivity contribution is -0.161. The molecule has 0 bridgehead atoms. The van der Waals surface area contributed by atoms with Crippen LogP contribution in [-0.2, 0) is 51.6 Å². The van der Waals surface area contributed by atoms with Crippen LogP contribution < -0.4 is 5.32 Å². The minimum atomic E-state index is -4.40. The number of fused-ring (bicyclic) bond motifs is 1. The van der Waals surface area contributed by atoms with Crippen LogP contribution in [0, 0.1) is 11.8 Å². The highest BCUT2D eigenvalue weighted by atomic mass is 35.5. The lowest BCUT2D eigenvalue weighted by Crippen LogP contribution is -2.37. The van der Waals surface area contributed by atoms with Crippen LogP contribution in [-0.4, -0.2) is 106 Å². The number of imidazole rings is 1. The van der Waals surface area contributed by atoms with Gasteiger partial charge in [-0.05, 0) is 52.1 Å². The highest BCUT2D eigenvalue weighted by molar-refractivity contribution is 7.53. The number of carbonyl (C=O) groups is 4. The van der Waals surface area contributed by atoms with Gasteiger partial charge in [-0.15, -0.1) is 0 Å². The average molecular weight is 778 g/mol. The van der Waals surface area contributed by atoms with Gasteiger partial charge in [0.05, 0.1) is 37.0 Å². The van der Waals surface area contributed by atoms with Crippen LogP contribution in [0.5, 0.6) is 0 Å². The summed E-state index contributed by atoms with van der Waals surface area (Å²) in [4.78, 5) is 63.4. The van der Waals surface area contributed by atoms with Crippen LogP contribution in [0.1, 0.15) is 73.3 Å². The van der Waals surface area contributed by atoms with E-state index in [0.29, 0.717) is 11.3 Å². The van der Waals surface area contributed by atoms with E-state index in [1.807, 2.05) is 0 Å². The molecule has 2 aromatic heterocycles. The zero-order valence-electron chi connectivity index (χ0n) is 29.7. The number of hydrogen-bond donors (Lipinski definition) is 2. The molecule has 0 radical (unpaired) electrons. The molecule has 0 saturated heterocycles. The SMILES string of the molecule is CC(C)OC(=O)OCOP(=O)(COC[C@H]1C(=O)[C@H](n2cnc3c(NC4CCCC4)nc(Cl)nc32)[C@@H](O)[C@H]1OC(=O)C(C)C)OCOC(=O)OC(C)C. The van der Waals surface area contributed by atoms with Gasteiger partial charge in [-0.1, -0.05) is 26.7 Å². The maximum absolute atomic E-state index is 14.0. The van der Waals surface area contributed by atoms with E-state index in [1.165, 1.54) is 10.9 Å². The Morgan fingerprint density at radius 3 is 2.15 bits per heavy atom. The van der Waals surface area contributed by atoms with E-state index in [9.17, 15) is 28.8 Å². The summed E-state index contributed by atoms with van der Waals surface area (Å²) in [5.74, 6) is -2.85. The Morgan fingerprint density at radius 1 is 1.00 bits per heavy atom. The minimum Gasteiger partial charge on any atom is -0.458 e. The van der Waals surface area contributed by atoms with E-state index in [2.05, 4.69) is 20.3 Å². The van der Waals surface area contributed by atoms with E-state index in [-0.39, 0.29) is 17.0 Å². The van der Waals surface area contributed by atoms with Crippen molar-refractivity contribution in [3.63, 3.8) is 0 Å². The summed E-state index contributed by atoms with van der Waals surface area (Å²) in [5.41, 5.74) is 0.479. The second-order valence-electron chi connectivity index (χ2n) is 13.0. The fourth-order valence-corrected chi connectivity index (χ4v) is 6.64. The van der Waals surface area contributed by atoms with Gasteiger partial charge in [0.1, 0.15) is 24.6 Å². The summed E-state index contributed by atoms with van der Waals surface area (Å²) in [7, 11) is -4.40. The second kappa shape index (κ2) is 18.4. The van der Waals surface area contributed by atoms with Crippen molar-refractivity contribution in [1.82, 2.24) is 19.5 Å². The number of aliphatic hydroxyl groups excluding tert-OH is 1. The van der Waals surface area contributed by atoms with Gasteiger partial charge in [-0.2, -0.15) is 9.97 Å². The lowest BCUT2D eigenvalue weighted by Gasteiger charge is -2.24. The number of rotatable bonds is 17. The van der Waals surface area contributed by atoms with Crippen LogP contribution in [0.4, 0.5) is 15.4 Å². The molecule has 2 saturated carbocycles. The van der Waals surface area contributed by atoms with Crippen molar-refractivity contribution in [3.05, 3.63) is 11.6 Å². The Morgan fingerprint density at radius 2 is 1.60 bits per heavy atom. The topological polar surface area (TPSA) is 235 Å². The Balaban J connectivity index is 1.53. The highest BCUT2D eigenvalue weighted by Gasteiger charge is 2.53. The second-order valence-corrected chi connectivity index (χ2v) is 15.4. The van der Waals surface area contributed by atoms with Crippen molar-refractivity contribution >= 4 is 60.2 Å². The third-order valence-corrected chi connectivity index (χ3v) is 9.56. The van der Waals surface area contributed by atoms with E-state index in [1.54, 1.807) is 41.5 Å². The quantitative estimate of drug-likeness (QED) is 0.0725. The highest BCUT2D eigenvalue weighted by Crippen LogP contribution is 2.48. The van der Waals surface area contributed by atoms with Crippen molar-refractivity contribution in [1.29, 1.82) is 0 Å². The van der Waals surface area contributed by atoms with Crippen molar-refractivity contribution in [2.45, 2.75) is 104 Å². The summed E-state index contributed by atoms with van der Waals surface area (Å²) in [6.07, 6.45) is -1.82. The molecule has 2 aliphatic carbocycles. The predicted molar refractivity (Wildman–Crippen MR) is 180 cm³/mol. The number of halogens is 1. The molecular weight excluding hydrogens is 733 g/mol. The number of anilines is 1. The lowest BCUT2D eigenvalue weighted by atomic mass is 10.1. The molecule has 52 heavy (non-hydrogen) atoms. The molecule has 2 fully saturated rings. The Kier molecular flexibility index (Phi) is 14.6. The van der Waals surface area contributed by atoms with Gasteiger partial charge in [0.25, 0.3) is 0 Å². The molecule has 2 aliphatic rings. The number of hydrogen-bond acceptors (Lipinski definition) is 18.